The van der Waals surface area contributed by atoms with Crippen molar-refractivity contribution in [1.82, 2.24) is 19.7 Å². The van der Waals surface area contributed by atoms with E-state index in [1.54, 1.807) is 17.7 Å². The van der Waals surface area contributed by atoms with Crippen LogP contribution in [0.5, 0.6) is 5.75 Å². The van der Waals surface area contributed by atoms with Crippen LogP contribution in [0.4, 0.5) is 0 Å². The average molecular weight is 471 g/mol. The van der Waals surface area contributed by atoms with E-state index in [4.69, 9.17) is 14.2 Å². The van der Waals surface area contributed by atoms with Crippen molar-refractivity contribution in [2.24, 2.45) is 0 Å². The third-order valence-corrected chi connectivity index (χ3v) is 6.39. The Morgan fingerprint density at radius 3 is 2.50 bits per heavy atom. The van der Waals surface area contributed by atoms with Gasteiger partial charge in [0, 0.05) is 5.56 Å². The van der Waals surface area contributed by atoms with Gasteiger partial charge in [-0.05, 0) is 36.8 Å². The van der Waals surface area contributed by atoms with Gasteiger partial charge in [-0.15, -0.1) is 0 Å². The van der Waals surface area contributed by atoms with Crippen LogP contribution in [0.25, 0.3) is 22.3 Å². The zero-order valence-electron chi connectivity index (χ0n) is 18.8. The Kier molecular flexibility index (Phi) is 6.14. The fraction of sp³-hybridized carbons (Fsp3) is 0.154. The first-order valence-corrected chi connectivity index (χ1v) is 11.7. The van der Waals surface area contributed by atoms with Crippen molar-refractivity contribution >= 4 is 22.7 Å². The minimum absolute atomic E-state index is 0.0882. The van der Waals surface area contributed by atoms with Gasteiger partial charge in [-0.2, -0.15) is 4.98 Å². The standard InChI is InChI=1S/C26H22N4O3S/c1-17-7-11-19(12-8-17)24-28-23(33-29-24)16-34-26-27-22-6-4-3-5-21(22)25(31)30(26)15-18-9-13-20(32-2)14-10-18/h3-14H,15-16H2,1-2H3. The summed E-state index contributed by atoms with van der Waals surface area (Å²) in [6.07, 6.45) is 0. The molecular weight excluding hydrogens is 448 g/mol. The molecule has 0 saturated heterocycles. The SMILES string of the molecule is COc1ccc(Cn2c(SCc3nc(-c4ccc(C)cc4)no3)nc3ccccc3c2=O)cc1. The highest BCUT2D eigenvalue weighted by Crippen LogP contribution is 2.24. The molecule has 0 spiro atoms. The predicted molar refractivity (Wildman–Crippen MR) is 132 cm³/mol. The summed E-state index contributed by atoms with van der Waals surface area (Å²) < 4.78 is 12.4. The molecule has 0 atom stereocenters. The van der Waals surface area contributed by atoms with Crippen LogP contribution in [-0.4, -0.2) is 26.8 Å². The Morgan fingerprint density at radius 1 is 0.971 bits per heavy atom. The fourth-order valence-electron chi connectivity index (χ4n) is 3.57. The van der Waals surface area contributed by atoms with Crippen LogP contribution < -0.4 is 10.3 Å². The number of fused-ring (bicyclic) bond motifs is 1. The topological polar surface area (TPSA) is 83.0 Å². The molecule has 5 rings (SSSR count). The molecule has 8 heteroatoms. The summed E-state index contributed by atoms with van der Waals surface area (Å²) in [6.45, 7) is 2.42. The number of methoxy groups -OCH3 is 1. The van der Waals surface area contributed by atoms with Crippen LogP contribution in [0.1, 0.15) is 17.0 Å². The molecule has 0 aliphatic heterocycles. The van der Waals surface area contributed by atoms with Gasteiger partial charge in [0.25, 0.3) is 5.56 Å². The molecule has 2 heterocycles. The zero-order chi connectivity index (χ0) is 23.5. The van der Waals surface area contributed by atoms with Crippen LogP contribution >= 0.6 is 11.8 Å². The predicted octanol–water partition coefficient (Wildman–Crippen LogP) is 5.10. The van der Waals surface area contributed by atoms with Crippen molar-refractivity contribution in [3.05, 3.63) is 100 Å². The maximum Gasteiger partial charge on any atom is 0.262 e. The van der Waals surface area contributed by atoms with E-state index in [2.05, 4.69) is 10.1 Å². The van der Waals surface area contributed by atoms with Crippen molar-refractivity contribution in [2.45, 2.75) is 24.4 Å². The molecule has 0 radical (unpaired) electrons. The fourth-order valence-corrected chi connectivity index (χ4v) is 4.41. The quantitative estimate of drug-likeness (QED) is 0.242. The van der Waals surface area contributed by atoms with E-state index < -0.39 is 0 Å². The number of ether oxygens (including phenoxy) is 1. The molecule has 34 heavy (non-hydrogen) atoms. The van der Waals surface area contributed by atoms with Crippen molar-refractivity contribution in [3.8, 4) is 17.1 Å². The normalized spacial score (nSPS) is 11.1. The van der Waals surface area contributed by atoms with Gasteiger partial charge in [-0.1, -0.05) is 71.0 Å². The van der Waals surface area contributed by atoms with Crippen molar-refractivity contribution in [3.63, 3.8) is 0 Å². The zero-order valence-corrected chi connectivity index (χ0v) is 19.6. The first-order valence-electron chi connectivity index (χ1n) is 10.8. The molecule has 0 saturated carbocycles. The molecule has 7 nitrogen and oxygen atoms in total. The van der Waals surface area contributed by atoms with Gasteiger partial charge in [0.05, 0.1) is 30.3 Å². The summed E-state index contributed by atoms with van der Waals surface area (Å²) in [5.74, 6) is 2.17. The lowest BCUT2D eigenvalue weighted by atomic mass is 10.1. The highest BCUT2D eigenvalue weighted by Gasteiger charge is 2.15. The Labute approximate surface area is 200 Å². The van der Waals surface area contributed by atoms with Gasteiger partial charge in [-0.3, -0.25) is 9.36 Å². The first-order chi connectivity index (χ1) is 16.6. The minimum atomic E-state index is -0.0882. The molecule has 0 amide bonds. The number of rotatable bonds is 7. The maximum absolute atomic E-state index is 13.3. The molecule has 0 aliphatic rings. The summed E-state index contributed by atoms with van der Waals surface area (Å²) >= 11 is 1.40. The van der Waals surface area contributed by atoms with E-state index in [1.165, 1.54) is 17.3 Å². The number of para-hydroxylation sites is 1. The van der Waals surface area contributed by atoms with E-state index in [1.807, 2.05) is 73.7 Å². The summed E-state index contributed by atoms with van der Waals surface area (Å²) in [6, 6.07) is 23.0. The molecule has 0 fully saturated rings. The molecule has 0 bridgehead atoms. The average Bonchev–Trinajstić information content (AvgIpc) is 3.34. The van der Waals surface area contributed by atoms with Gasteiger partial charge in [0.2, 0.25) is 11.7 Å². The van der Waals surface area contributed by atoms with Crippen LogP contribution in [0.2, 0.25) is 0 Å². The number of benzene rings is 3. The van der Waals surface area contributed by atoms with Gasteiger partial charge in [-0.25, -0.2) is 4.98 Å². The molecule has 0 aliphatic carbocycles. The summed E-state index contributed by atoms with van der Waals surface area (Å²) in [7, 11) is 1.63. The Morgan fingerprint density at radius 2 is 1.74 bits per heavy atom. The van der Waals surface area contributed by atoms with E-state index in [0.29, 0.717) is 40.1 Å². The van der Waals surface area contributed by atoms with Gasteiger partial charge >= 0.3 is 0 Å². The number of hydrogen-bond donors (Lipinski definition) is 0. The second-order valence-corrected chi connectivity index (χ2v) is 8.76. The van der Waals surface area contributed by atoms with Crippen molar-refractivity contribution < 1.29 is 9.26 Å². The van der Waals surface area contributed by atoms with Gasteiger partial charge in [0.1, 0.15) is 5.75 Å². The summed E-state index contributed by atoms with van der Waals surface area (Å²) in [5, 5.41) is 5.28. The van der Waals surface area contributed by atoms with E-state index in [9.17, 15) is 4.79 Å². The lowest BCUT2D eigenvalue weighted by Gasteiger charge is -2.13. The third kappa shape index (κ3) is 4.58. The van der Waals surface area contributed by atoms with E-state index in [-0.39, 0.29) is 5.56 Å². The maximum atomic E-state index is 13.3. The summed E-state index contributed by atoms with van der Waals surface area (Å²) in [5.41, 5.74) is 3.61. The molecule has 2 aromatic heterocycles. The van der Waals surface area contributed by atoms with E-state index in [0.717, 1.165) is 16.9 Å². The minimum Gasteiger partial charge on any atom is -0.497 e. The van der Waals surface area contributed by atoms with Gasteiger partial charge in [0.15, 0.2) is 5.16 Å². The van der Waals surface area contributed by atoms with Gasteiger partial charge < -0.3 is 9.26 Å². The lowest BCUT2D eigenvalue weighted by Crippen LogP contribution is -2.24. The van der Waals surface area contributed by atoms with E-state index >= 15 is 0 Å². The molecule has 0 N–H and O–H groups in total. The lowest BCUT2D eigenvalue weighted by molar-refractivity contribution is 0.391. The number of aromatic nitrogens is 4. The van der Waals surface area contributed by atoms with Crippen LogP contribution in [0.15, 0.2) is 87.3 Å². The highest BCUT2D eigenvalue weighted by atomic mass is 32.2. The Bertz CT molecular complexity index is 1490. The number of hydrogen-bond acceptors (Lipinski definition) is 7. The first kappa shape index (κ1) is 21.9. The van der Waals surface area contributed by atoms with Crippen LogP contribution in [-0.2, 0) is 12.3 Å². The second kappa shape index (κ2) is 9.52. The highest BCUT2D eigenvalue weighted by molar-refractivity contribution is 7.98. The van der Waals surface area contributed by atoms with Crippen LogP contribution in [0, 0.1) is 6.92 Å². The second-order valence-electron chi connectivity index (χ2n) is 7.82. The Hall–Kier alpha value is -3.91. The number of nitrogens with zero attached hydrogens (tertiary/aromatic N) is 4. The molecule has 170 valence electrons. The molecule has 0 unspecified atom stereocenters. The smallest absolute Gasteiger partial charge is 0.262 e. The number of aryl methyl sites for hydroxylation is 1. The number of thioether (sulfide) groups is 1. The Balaban J connectivity index is 1.44. The monoisotopic (exact) mass is 470 g/mol. The molecule has 5 aromatic rings. The molecule has 3 aromatic carbocycles. The van der Waals surface area contributed by atoms with Crippen LogP contribution in [0.3, 0.4) is 0 Å². The van der Waals surface area contributed by atoms with Crippen molar-refractivity contribution in [2.75, 3.05) is 7.11 Å². The summed E-state index contributed by atoms with van der Waals surface area (Å²) in [4.78, 5) is 22.6. The third-order valence-electron chi connectivity index (χ3n) is 5.43. The molecular formula is C26H22N4O3S. The van der Waals surface area contributed by atoms with Crippen molar-refractivity contribution in [1.29, 1.82) is 0 Å². The largest absolute Gasteiger partial charge is 0.497 e.